The van der Waals surface area contributed by atoms with Crippen molar-refractivity contribution >= 4 is 34.9 Å². The number of alkyl halides is 2. The molecule has 45 heavy (non-hydrogen) atoms. The first kappa shape index (κ1) is 34.5. The number of benzene rings is 1. The number of rotatable bonds is 12. The maximum Gasteiger partial charge on any atom is 0.302 e. The van der Waals surface area contributed by atoms with Crippen LogP contribution in [0.2, 0.25) is 18.1 Å². The van der Waals surface area contributed by atoms with Gasteiger partial charge in [-0.05, 0) is 64.9 Å². The van der Waals surface area contributed by atoms with Crippen LogP contribution in [0.25, 0.3) is 10.9 Å². The predicted octanol–water partition coefficient (Wildman–Crippen LogP) is 7.41. The average molecular weight is 663 g/mol. The number of nitrogens with zero attached hydrogens (tertiary/aromatic N) is 5. The van der Waals surface area contributed by atoms with Crippen molar-refractivity contribution in [1.29, 1.82) is 0 Å². The third kappa shape index (κ3) is 6.36. The highest BCUT2D eigenvalue weighted by molar-refractivity contribution is 7.91. The van der Waals surface area contributed by atoms with Gasteiger partial charge >= 0.3 is 5.92 Å². The second kappa shape index (κ2) is 12.4. The molecule has 9 nitrogen and oxygen atoms in total. The molecule has 1 atom stereocenters. The maximum atomic E-state index is 16.2. The first-order valence-corrected chi connectivity index (χ1v) is 19.0. The van der Waals surface area contributed by atoms with Gasteiger partial charge in [-0.25, -0.2) is 27.8 Å². The lowest BCUT2D eigenvalue weighted by Crippen LogP contribution is -2.52. The number of pyridine rings is 1. The summed E-state index contributed by atoms with van der Waals surface area (Å²) in [4.78, 5) is 13.2. The Hall–Kier alpha value is -3.36. The molecule has 0 aliphatic heterocycles. The second-order valence-corrected chi connectivity index (χ2v) is 18.5. The van der Waals surface area contributed by atoms with Gasteiger partial charge in [0, 0.05) is 24.2 Å². The molecule has 0 spiro atoms. The topological polar surface area (TPSA) is 112 Å². The van der Waals surface area contributed by atoms with Gasteiger partial charge in [-0.2, -0.15) is 13.9 Å². The van der Waals surface area contributed by atoms with E-state index in [0.717, 1.165) is 6.07 Å². The summed E-state index contributed by atoms with van der Waals surface area (Å²) in [5, 5.41) is 7.17. The first-order valence-electron chi connectivity index (χ1n) is 15.0. The number of anilines is 1. The summed E-state index contributed by atoms with van der Waals surface area (Å²) < 4.78 is 82.7. The van der Waals surface area contributed by atoms with E-state index in [1.165, 1.54) is 49.1 Å². The van der Waals surface area contributed by atoms with E-state index >= 15 is 13.2 Å². The third-order valence-electron chi connectivity index (χ3n) is 8.56. The van der Waals surface area contributed by atoms with Gasteiger partial charge in [0.2, 0.25) is 9.84 Å². The Morgan fingerprint density at radius 3 is 2.29 bits per heavy atom. The fourth-order valence-corrected chi connectivity index (χ4v) is 9.97. The predicted molar refractivity (Wildman–Crippen MR) is 170 cm³/mol. The molecule has 0 amide bonds. The van der Waals surface area contributed by atoms with Crippen LogP contribution in [0, 0.1) is 19.7 Å². The highest BCUT2D eigenvalue weighted by Gasteiger charge is 2.54. The molecule has 3 aromatic heterocycles. The minimum atomic E-state index is -4.03. The lowest BCUT2D eigenvalue weighted by molar-refractivity contribution is -0.161. The fourth-order valence-electron chi connectivity index (χ4n) is 5.58. The Bertz CT molecular complexity index is 1820. The summed E-state index contributed by atoms with van der Waals surface area (Å²) in [6.45, 7) is 13.4. The SMILES string of the molecule is CC[Si](CC)(CC)OC(C)(C)C(F)(F)c1cccc([C@@H](C)Nc2nc(C)nc3c(C)nc(S(=O)(=O)c4cnn(C)c4)cc23)c1F. The Kier molecular flexibility index (Phi) is 9.54. The fraction of sp³-hybridized carbons (Fsp3) is 0.484. The summed E-state index contributed by atoms with van der Waals surface area (Å²) in [6, 6.07) is 6.47. The Morgan fingerprint density at radius 1 is 1.07 bits per heavy atom. The van der Waals surface area contributed by atoms with Crippen LogP contribution >= 0.6 is 0 Å². The van der Waals surface area contributed by atoms with Crippen molar-refractivity contribution in [2.75, 3.05) is 5.32 Å². The summed E-state index contributed by atoms with van der Waals surface area (Å²) in [7, 11) is -4.88. The summed E-state index contributed by atoms with van der Waals surface area (Å²) >= 11 is 0. The van der Waals surface area contributed by atoms with Crippen LogP contribution in [0.3, 0.4) is 0 Å². The molecule has 0 aliphatic rings. The number of aryl methyl sites for hydroxylation is 3. The van der Waals surface area contributed by atoms with Gasteiger partial charge in [0.1, 0.15) is 28.0 Å². The molecular formula is C31H41F3N6O3SSi. The number of sulfone groups is 1. The van der Waals surface area contributed by atoms with Gasteiger partial charge < -0.3 is 9.74 Å². The van der Waals surface area contributed by atoms with Crippen LogP contribution in [-0.2, 0) is 27.2 Å². The van der Waals surface area contributed by atoms with Crippen molar-refractivity contribution in [1.82, 2.24) is 24.7 Å². The Balaban J connectivity index is 1.76. The van der Waals surface area contributed by atoms with Crippen molar-refractivity contribution < 1.29 is 26.0 Å². The largest absolute Gasteiger partial charge is 0.405 e. The van der Waals surface area contributed by atoms with Crippen molar-refractivity contribution in [3.63, 3.8) is 0 Å². The van der Waals surface area contributed by atoms with Crippen LogP contribution in [0.15, 0.2) is 46.6 Å². The molecule has 0 radical (unpaired) electrons. The zero-order valence-corrected chi connectivity index (χ0v) is 29.0. The minimum absolute atomic E-state index is 0.00800. The molecule has 0 saturated heterocycles. The van der Waals surface area contributed by atoms with E-state index in [9.17, 15) is 8.42 Å². The molecular weight excluding hydrogens is 622 g/mol. The van der Waals surface area contributed by atoms with E-state index < -0.39 is 47.1 Å². The molecule has 244 valence electrons. The van der Waals surface area contributed by atoms with Crippen LogP contribution in [0.1, 0.15) is 70.2 Å². The monoisotopic (exact) mass is 662 g/mol. The molecule has 0 unspecified atom stereocenters. The highest BCUT2D eigenvalue weighted by atomic mass is 32.2. The molecule has 4 rings (SSSR count). The van der Waals surface area contributed by atoms with Crippen LogP contribution in [0.4, 0.5) is 19.0 Å². The molecule has 0 fully saturated rings. The maximum absolute atomic E-state index is 16.2. The Labute approximate surface area is 263 Å². The number of hydrogen-bond acceptors (Lipinski definition) is 8. The number of hydrogen-bond donors (Lipinski definition) is 1. The molecule has 14 heteroatoms. The lowest BCUT2D eigenvalue weighted by Gasteiger charge is -2.42. The normalized spacial score (nSPS) is 13.8. The van der Waals surface area contributed by atoms with E-state index in [1.807, 2.05) is 20.8 Å². The number of nitrogens with one attached hydrogen (secondary N) is 1. The second-order valence-electron chi connectivity index (χ2n) is 11.9. The van der Waals surface area contributed by atoms with Gasteiger partial charge in [-0.1, -0.05) is 32.9 Å². The van der Waals surface area contributed by atoms with Crippen LogP contribution in [0.5, 0.6) is 0 Å². The van der Waals surface area contributed by atoms with Crippen molar-refractivity contribution in [3.05, 3.63) is 65.1 Å². The first-order chi connectivity index (χ1) is 20.9. The average Bonchev–Trinajstić information content (AvgIpc) is 3.43. The highest BCUT2D eigenvalue weighted by Crippen LogP contribution is 2.46. The van der Waals surface area contributed by atoms with E-state index in [2.05, 4.69) is 25.4 Å². The standard InChI is InChI=1S/C31H41F3N6O3SSi/c1-10-45(11-2,12-3)43-30(7,8)31(33,34)25-15-13-14-23(27(25)32)19(4)37-29-24-16-26(36-20(5)28(24)38-21(6)39-29)44(41,42)22-17-35-40(9)18-22/h13-19H,10-12H2,1-9H3,(H,37,38,39)/t19-/m1/s1. The molecule has 0 aliphatic carbocycles. The molecule has 0 bridgehead atoms. The summed E-state index contributed by atoms with van der Waals surface area (Å²) in [6.07, 6.45) is 2.60. The number of fused-ring (bicyclic) bond motifs is 1. The van der Waals surface area contributed by atoms with Gasteiger partial charge in [0.15, 0.2) is 13.3 Å². The van der Waals surface area contributed by atoms with E-state index in [-0.39, 0.29) is 21.3 Å². The zero-order valence-electron chi connectivity index (χ0n) is 27.2. The smallest absolute Gasteiger partial charge is 0.302 e. The summed E-state index contributed by atoms with van der Waals surface area (Å²) in [5.74, 6) is -4.12. The van der Waals surface area contributed by atoms with Crippen molar-refractivity contribution in [2.45, 2.75) is 101 Å². The third-order valence-corrected chi connectivity index (χ3v) is 15.0. The lowest BCUT2D eigenvalue weighted by atomic mass is 9.91. The molecule has 1 aromatic carbocycles. The quantitative estimate of drug-likeness (QED) is 0.156. The van der Waals surface area contributed by atoms with E-state index in [1.54, 1.807) is 27.8 Å². The van der Waals surface area contributed by atoms with E-state index in [4.69, 9.17) is 4.43 Å². The molecule has 4 aromatic rings. The number of halogens is 3. The molecule has 1 N–H and O–H groups in total. The number of aromatic nitrogens is 5. The van der Waals surface area contributed by atoms with Crippen molar-refractivity contribution in [3.8, 4) is 0 Å². The minimum Gasteiger partial charge on any atom is -0.405 e. The summed E-state index contributed by atoms with van der Waals surface area (Å²) in [5.41, 5.74) is -1.96. The van der Waals surface area contributed by atoms with Gasteiger partial charge in [-0.3, -0.25) is 4.68 Å². The van der Waals surface area contributed by atoms with Crippen LogP contribution in [-0.4, -0.2) is 47.1 Å². The van der Waals surface area contributed by atoms with Crippen molar-refractivity contribution in [2.24, 2.45) is 7.05 Å². The Morgan fingerprint density at radius 2 is 1.71 bits per heavy atom. The van der Waals surface area contributed by atoms with Gasteiger partial charge in [0.05, 0.1) is 29.0 Å². The van der Waals surface area contributed by atoms with Crippen LogP contribution < -0.4 is 5.32 Å². The molecule has 0 saturated carbocycles. The van der Waals surface area contributed by atoms with E-state index in [0.29, 0.717) is 40.6 Å². The van der Waals surface area contributed by atoms with Gasteiger partial charge in [0.25, 0.3) is 0 Å². The molecule has 3 heterocycles. The van der Waals surface area contributed by atoms with Gasteiger partial charge in [-0.15, -0.1) is 0 Å². The zero-order chi connectivity index (χ0) is 33.5.